The zero-order valence-corrected chi connectivity index (χ0v) is 10.8. The number of H-pyrrole nitrogens is 1. The van der Waals surface area contributed by atoms with Crippen LogP contribution in [0.5, 0.6) is 0 Å². The molecule has 2 heterocycles. The Hall–Kier alpha value is -2.01. The van der Waals surface area contributed by atoms with Gasteiger partial charge >= 0.3 is 0 Å². The van der Waals surface area contributed by atoms with Crippen LogP contribution in [0.2, 0.25) is 0 Å². The molecule has 1 aliphatic heterocycles. The van der Waals surface area contributed by atoms with Crippen LogP contribution in [0.3, 0.4) is 0 Å². The number of nitrogen functional groups attached to an aromatic ring is 1. The predicted molar refractivity (Wildman–Crippen MR) is 73.9 cm³/mol. The molecule has 1 aliphatic rings. The number of carbonyl (C=O) groups is 1. The van der Waals surface area contributed by atoms with Gasteiger partial charge in [-0.2, -0.15) is 0 Å². The number of nitrogens with zero attached hydrogens (tertiary/aromatic N) is 1. The smallest absolute Gasteiger partial charge is 0.270 e. The third-order valence-corrected chi connectivity index (χ3v) is 3.66. The van der Waals surface area contributed by atoms with Gasteiger partial charge in [-0.15, -0.1) is 0 Å². The fourth-order valence-corrected chi connectivity index (χ4v) is 2.58. The molecule has 4 N–H and O–H groups in total. The highest BCUT2D eigenvalue weighted by atomic mass is 16.3. The van der Waals surface area contributed by atoms with E-state index >= 15 is 0 Å². The zero-order chi connectivity index (χ0) is 13.6. The van der Waals surface area contributed by atoms with Gasteiger partial charge < -0.3 is 20.7 Å². The minimum Gasteiger partial charge on any atom is -0.397 e. The molecule has 0 bridgehead atoms. The first-order valence-corrected chi connectivity index (χ1v) is 6.35. The van der Waals surface area contributed by atoms with Crippen LogP contribution in [0.1, 0.15) is 23.8 Å². The van der Waals surface area contributed by atoms with Gasteiger partial charge in [-0.25, -0.2) is 0 Å². The molecule has 0 saturated carbocycles. The fourth-order valence-electron chi connectivity index (χ4n) is 2.58. The highest BCUT2D eigenvalue weighted by molar-refractivity contribution is 6.00. The molecule has 1 aromatic carbocycles. The Bertz CT molecular complexity index is 645. The number of fused-ring (bicyclic) bond motifs is 1. The number of aromatic amines is 1. The summed E-state index contributed by atoms with van der Waals surface area (Å²) in [6.07, 6.45) is 0.612. The van der Waals surface area contributed by atoms with Crippen molar-refractivity contribution in [3.05, 3.63) is 30.0 Å². The number of benzene rings is 1. The van der Waals surface area contributed by atoms with E-state index in [1.54, 1.807) is 24.0 Å². The van der Waals surface area contributed by atoms with Crippen LogP contribution in [-0.2, 0) is 0 Å². The van der Waals surface area contributed by atoms with Crippen LogP contribution >= 0.6 is 0 Å². The number of nitrogens with one attached hydrogen (secondary N) is 1. The fraction of sp³-hybridized carbons (Fsp3) is 0.357. The van der Waals surface area contributed by atoms with Gasteiger partial charge in [-0.1, -0.05) is 12.1 Å². The normalized spacial score (nSPS) is 23.2. The van der Waals surface area contributed by atoms with Crippen LogP contribution in [-0.4, -0.2) is 39.6 Å². The molecule has 100 valence electrons. The number of aliphatic hydroxyl groups is 1. The van der Waals surface area contributed by atoms with Gasteiger partial charge in [-0.3, -0.25) is 4.79 Å². The first kappa shape index (κ1) is 12.0. The molecule has 5 nitrogen and oxygen atoms in total. The number of hydrogen-bond acceptors (Lipinski definition) is 3. The molecular formula is C14H17N3O2. The van der Waals surface area contributed by atoms with E-state index in [1.807, 2.05) is 12.1 Å². The average Bonchev–Trinajstić information content (AvgIpc) is 2.92. The van der Waals surface area contributed by atoms with Gasteiger partial charge in [0.1, 0.15) is 5.69 Å². The lowest BCUT2D eigenvalue weighted by molar-refractivity contribution is 0.0569. The van der Waals surface area contributed by atoms with Crippen molar-refractivity contribution in [1.29, 1.82) is 0 Å². The van der Waals surface area contributed by atoms with Crippen molar-refractivity contribution in [1.82, 2.24) is 9.88 Å². The second-order valence-electron chi connectivity index (χ2n) is 5.47. The van der Waals surface area contributed by atoms with Gasteiger partial charge in [0.2, 0.25) is 0 Å². The highest BCUT2D eigenvalue weighted by Crippen LogP contribution is 2.25. The molecule has 0 aliphatic carbocycles. The topological polar surface area (TPSA) is 82.3 Å². The largest absolute Gasteiger partial charge is 0.397 e. The molecule has 0 spiro atoms. The second-order valence-corrected chi connectivity index (χ2v) is 5.47. The number of anilines is 1. The van der Waals surface area contributed by atoms with Crippen LogP contribution in [0, 0.1) is 0 Å². The third kappa shape index (κ3) is 2.06. The lowest BCUT2D eigenvalue weighted by atomic mass is 10.1. The van der Waals surface area contributed by atoms with Gasteiger partial charge in [0, 0.05) is 18.5 Å². The molecule has 1 unspecified atom stereocenters. The molecule has 1 fully saturated rings. The molecular weight excluding hydrogens is 242 g/mol. The van der Waals surface area contributed by atoms with E-state index in [0.29, 0.717) is 30.9 Å². The minimum absolute atomic E-state index is 0.0895. The molecule has 5 heteroatoms. The second kappa shape index (κ2) is 3.99. The Morgan fingerprint density at radius 1 is 1.53 bits per heavy atom. The number of carbonyl (C=O) groups excluding carboxylic acids is 1. The number of β-amino-alcohol motifs (C(OH)–C–C–N with tert-alkyl or cyclic N) is 1. The van der Waals surface area contributed by atoms with E-state index in [4.69, 9.17) is 5.73 Å². The third-order valence-electron chi connectivity index (χ3n) is 3.66. The van der Waals surface area contributed by atoms with Crippen molar-refractivity contribution in [3.8, 4) is 0 Å². The maximum Gasteiger partial charge on any atom is 0.270 e. The first-order valence-electron chi connectivity index (χ1n) is 6.35. The SMILES string of the molecule is CC1(O)CCN(C(=O)c2cc3cccc(N)c3[nH]2)C1. The molecule has 19 heavy (non-hydrogen) atoms. The van der Waals surface area contributed by atoms with E-state index < -0.39 is 5.60 Å². The number of amides is 1. The van der Waals surface area contributed by atoms with E-state index in [2.05, 4.69) is 4.98 Å². The Morgan fingerprint density at radius 2 is 2.32 bits per heavy atom. The lowest BCUT2D eigenvalue weighted by Crippen LogP contribution is -2.34. The quantitative estimate of drug-likeness (QED) is 0.676. The van der Waals surface area contributed by atoms with Crippen molar-refractivity contribution >= 4 is 22.5 Å². The summed E-state index contributed by atoms with van der Waals surface area (Å²) in [7, 11) is 0. The van der Waals surface area contributed by atoms with Crippen molar-refractivity contribution < 1.29 is 9.90 Å². The number of aromatic nitrogens is 1. The molecule has 1 aromatic heterocycles. The van der Waals surface area contributed by atoms with Crippen LogP contribution in [0.25, 0.3) is 10.9 Å². The summed E-state index contributed by atoms with van der Waals surface area (Å²) < 4.78 is 0. The maximum absolute atomic E-state index is 12.4. The van der Waals surface area contributed by atoms with Crippen LogP contribution in [0.15, 0.2) is 24.3 Å². The van der Waals surface area contributed by atoms with E-state index in [1.165, 1.54) is 0 Å². The zero-order valence-electron chi connectivity index (χ0n) is 10.8. The summed E-state index contributed by atoms with van der Waals surface area (Å²) in [4.78, 5) is 17.1. The van der Waals surface area contributed by atoms with Crippen LogP contribution < -0.4 is 5.73 Å². The van der Waals surface area contributed by atoms with Gasteiger partial charge in [0.15, 0.2) is 0 Å². The number of likely N-dealkylation sites (tertiary alicyclic amines) is 1. The summed E-state index contributed by atoms with van der Waals surface area (Å²) in [5.41, 5.74) is 7.03. The van der Waals surface area contributed by atoms with Crippen molar-refractivity contribution in [2.75, 3.05) is 18.8 Å². The predicted octanol–water partition coefficient (Wildman–Crippen LogP) is 1.35. The molecule has 0 radical (unpaired) electrons. The van der Waals surface area contributed by atoms with Crippen molar-refractivity contribution in [2.24, 2.45) is 0 Å². The summed E-state index contributed by atoms with van der Waals surface area (Å²) in [5, 5.41) is 10.8. The number of nitrogens with two attached hydrogens (primary N) is 1. The Kier molecular flexibility index (Phi) is 2.53. The van der Waals surface area contributed by atoms with Gasteiger partial charge in [0.25, 0.3) is 5.91 Å². The van der Waals surface area contributed by atoms with Crippen LogP contribution in [0.4, 0.5) is 5.69 Å². The molecule has 1 saturated heterocycles. The summed E-state index contributed by atoms with van der Waals surface area (Å²) >= 11 is 0. The molecule has 1 amide bonds. The first-order chi connectivity index (χ1) is 8.96. The summed E-state index contributed by atoms with van der Waals surface area (Å²) in [6, 6.07) is 7.38. The van der Waals surface area contributed by atoms with Gasteiger partial charge in [-0.05, 0) is 25.5 Å². The summed E-state index contributed by atoms with van der Waals surface area (Å²) in [5.74, 6) is -0.0895. The number of para-hydroxylation sites is 1. The standard InChI is InChI=1S/C14H17N3O2/c1-14(19)5-6-17(8-14)13(18)11-7-9-3-2-4-10(15)12(9)16-11/h2-4,7,16,19H,5-6,8,15H2,1H3. The summed E-state index contributed by atoms with van der Waals surface area (Å²) in [6.45, 7) is 2.71. The highest BCUT2D eigenvalue weighted by Gasteiger charge is 2.34. The average molecular weight is 259 g/mol. The van der Waals surface area contributed by atoms with E-state index in [9.17, 15) is 9.90 Å². The van der Waals surface area contributed by atoms with E-state index in [0.717, 1.165) is 10.9 Å². The molecule has 3 rings (SSSR count). The molecule has 1 atom stereocenters. The minimum atomic E-state index is -0.777. The monoisotopic (exact) mass is 259 g/mol. The van der Waals surface area contributed by atoms with Crippen molar-refractivity contribution in [2.45, 2.75) is 18.9 Å². The Labute approximate surface area is 111 Å². The number of hydrogen-bond donors (Lipinski definition) is 3. The lowest BCUT2D eigenvalue weighted by Gasteiger charge is -2.18. The Morgan fingerprint density at radius 3 is 2.95 bits per heavy atom. The molecule has 2 aromatic rings. The maximum atomic E-state index is 12.4. The Balaban J connectivity index is 1.92. The van der Waals surface area contributed by atoms with E-state index in [-0.39, 0.29) is 5.91 Å². The van der Waals surface area contributed by atoms with Crippen molar-refractivity contribution in [3.63, 3.8) is 0 Å². The number of rotatable bonds is 1. The van der Waals surface area contributed by atoms with Gasteiger partial charge in [0.05, 0.1) is 16.8 Å².